The Kier molecular flexibility index (Phi) is 8.64. The van der Waals surface area contributed by atoms with Crippen molar-refractivity contribution in [2.75, 3.05) is 14.7 Å². The predicted molar refractivity (Wildman–Crippen MR) is 251 cm³/mol. The van der Waals surface area contributed by atoms with Crippen LogP contribution in [0.15, 0.2) is 229 Å². The van der Waals surface area contributed by atoms with E-state index in [0.717, 1.165) is 73.1 Å². The number of rotatable bonds is 9. The molecule has 0 saturated heterocycles. The van der Waals surface area contributed by atoms with Crippen molar-refractivity contribution in [3.05, 3.63) is 224 Å². The lowest BCUT2D eigenvalue weighted by Crippen LogP contribution is -2.13. The maximum atomic E-state index is 6.29. The molecule has 0 radical (unpaired) electrons. The van der Waals surface area contributed by atoms with Crippen LogP contribution in [0.3, 0.4) is 0 Å². The third-order valence-corrected chi connectivity index (χ3v) is 12.1. The minimum absolute atomic E-state index is 0.874. The molecule has 0 spiro atoms. The number of thiophene rings is 1. The third kappa shape index (κ3) is 6.35. The molecule has 5 heteroatoms. The van der Waals surface area contributed by atoms with Crippen LogP contribution in [0, 0.1) is 0 Å². The van der Waals surface area contributed by atoms with Crippen LogP contribution in [0.1, 0.15) is 0 Å². The SMILES string of the molecule is c1ccc(N(c2ccccc2)c2cccc(N(c3ccc4c(c3)sc3ccc(N(c5ccccc5)c5ccccc5)cc34)c3ccc4oc5ccccc5c4c3)c2)cc1. The normalized spacial score (nSPS) is 11.4. The van der Waals surface area contributed by atoms with Gasteiger partial charge in [-0.1, -0.05) is 103 Å². The Labute approximate surface area is 346 Å². The van der Waals surface area contributed by atoms with Gasteiger partial charge in [0.05, 0.1) is 0 Å². The van der Waals surface area contributed by atoms with Crippen LogP contribution in [-0.2, 0) is 0 Å². The van der Waals surface area contributed by atoms with E-state index in [1.165, 1.54) is 20.2 Å². The van der Waals surface area contributed by atoms with Gasteiger partial charge in [0.25, 0.3) is 0 Å². The number of nitrogens with zero attached hydrogens (tertiary/aromatic N) is 3. The number of hydrogen-bond acceptors (Lipinski definition) is 5. The topological polar surface area (TPSA) is 22.9 Å². The van der Waals surface area contributed by atoms with E-state index >= 15 is 0 Å². The van der Waals surface area contributed by atoms with Crippen molar-refractivity contribution < 1.29 is 4.42 Å². The van der Waals surface area contributed by atoms with Gasteiger partial charge in [-0.3, -0.25) is 0 Å². The quantitative estimate of drug-likeness (QED) is 0.146. The summed E-state index contributed by atoms with van der Waals surface area (Å²) in [5.74, 6) is 0. The van der Waals surface area contributed by atoms with Crippen molar-refractivity contribution in [2.24, 2.45) is 0 Å². The zero-order chi connectivity index (χ0) is 39.1. The number of para-hydroxylation sites is 5. The number of benzene rings is 9. The van der Waals surface area contributed by atoms with Gasteiger partial charge in [0, 0.05) is 82.1 Å². The first-order valence-electron chi connectivity index (χ1n) is 19.8. The van der Waals surface area contributed by atoms with Crippen LogP contribution in [0.4, 0.5) is 51.2 Å². The lowest BCUT2D eigenvalue weighted by atomic mass is 10.1. The van der Waals surface area contributed by atoms with Crippen molar-refractivity contribution in [1.82, 2.24) is 0 Å². The van der Waals surface area contributed by atoms with E-state index in [1.807, 2.05) is 23.5 Å². The van der Waals surface area contributed by atoms with Crippen molar-refractivity contribution in [3.8, 4) is 0 Å². The third-order valence-electron chi connectivity index (χ3n) is 11.0. The molecule has 9 aromatic carbocycles. The van der Waals surface area contributed by atoms with E-state index < -0.39 is 0 Å². The maximum Gasteiger partial charge on any atom is 0.135 e. The summed E-state index contributed by atoms with van der Waals surface area (Å²) in [7, 11) is 0. The zero-order valence-corrected chi connectivity index (χ0v) is 32.8. The first-order chi connectivity index (χ1) is 29.2. The first-order valence-corrected chi connectivity index (χ1v) is 20.7. The summed E-state index contributed by atoms with van der Waals surface area (Å²) in [6, 6.07) is 79.8. The summed E-state index contributed by atoms with van der Waals surface area (Å²) in [6.45, 7) is 0. The Bertz CT molecular complexity index is 3160. The molecule has 0 amide bonds. The van der Waals surface area contributed by atoms with Gasteiger partial charge in [0.2, 0.25) is 0 Å². The smallest absolute Gasteiger partial charge is 0.135 e. The fraction of sp³-hybridized carbons (Fsp3) is 0. The Balaban J connectivity index is 1.07. The standard InChI is InChI=1S/C54H37N3OS/c1-5-16-38(17-6-1)55(39-18-7-2-8-19-39)42-24-15-25-43(34-42)57(44-29-32-52-49(35-44)47-26-13-14-27-51(47)58-52)46-28-31-48-50-36-45(30-33-53(50)59-54(48)37-46)56(40-20-9-3-10-21-40)41-22-11-4-12-23-41/h1-37H. The van der Waals surface area contributed by atoms with E-state index in [9.17, 15) is 0 Å². The molecule has 4 nitrogen and oxygen atoms in total. The Morgan fingerprint density at radius 1 is 0.254 bits per heavy atom. The van der Waals surface area contributed by atoms with Crippen molar-refractivity contribution in [3.63, 3.8) is 0 Å². The molecule has 0 unspecified atom stereocenters. The minimum Gasteiger partial charge on any atom is -0.456 e. The highest BCUT2D eigenvalue weighted by Gasteiger charge is 2.20. The van der Waals surface area contributed by atoms with Gasteiger partial charge in [-0.15, -0.1) is 11.3 Å². The van der Waals surface area contributed by atoms with Crippen LogP contribution in [0.25, 0.3) is 42.1 Å². The molecule has 0 atom stereocenters. The molecule has 0 fully saturated rings. The van der Waals surface area contributed by atoms with Crippen LogP contribution in [0.2, 0.25) is 0 Å². The van der Waals surface area contributed by atoms with Gasteiger partial charge in [-0.05, 0) is 121 Å². The molecule has 11 aromatic rings. The molecule has 2 aromatic heterocycles. The Morgan fingerprint density at radius 3 is 1.27 bits per heavy atom. The van der Waals surface area contributed by atoms with Gasteiger partial charge in [-0.2, -0.15) is 0 Å². The lowest BCUT2D eigenvalue weighted by molar-refractivity contribution is 0.669. The molecule has 59 heavy (non-hydrogen) atoms. The monoisotopic (exact) mass is 775 g/mol. The summed E-state index contributed by atoms with van der Waals surface area (Å²) < 4.78 is 8.78. The molecule has 11 rings (SSSR count). The fourth-order valence-electron chi connectivity index (χ4n) is 8.31. The molecule has 0 saturated carbocycles. The summed E-state index contributed by atoms with van der Waals surface area (Å²) in [6.07, 6.45) is 0. The summed E-state index contributed by atoms with van der Waals surface area (Å²) in [4.78, 5) is 7.02. The fourth-order valence-corrected chi connectivity index (χ4v) is 9.43. The number of hydrogen-bond donors (Lipinski definition) is 0. The van der Waals surface area contributed by atoms with Gasteiger partial charge in [0.15, 0.2) is 0 Å². The van der Waals surface area contributed by atoms with Crippen LogP contribution in [-0.4, -0.2) is 0 Å². The van der Waals surface area contributed by atoms with Crippen molar-refractivity contribution in [2.45, 2.75) is 0 Å². The summed E-state index contributed by atoms with van der Waals surface area (Å²) in [5.41, 5.74) is 11.6. The van der Waals surface area contributed by atoms with Gasteiger partial charge in [-0.25, -0.2) is 0 Å². The average molecular weight is 776 g/mol. The van der Waals surface area contributed by atoms with Crippen LogP contribution in [0.5, 0.6) is 0 Å². The van der Waals surface area contributed by atoms with Gasteiger partial charge >= 0.3 is 0 Å². The van der Waals surface area contributed by atoms with Crippen molar-refractivity contribution in [1.29, 1.82) is 0 Å². The first kappa shape index (κ1) is 34.6. The second-order valence-electron chi connectivity index (χ2n) is 14.6. The molecule has 0 aliphatic heterocycles. The highest BCUT2D eigenvalue weighted by atomic mass is 32.1. The van der Waals surface area contributed by atoms with E-state index in [-0.39, 0.29) is 0 Å². The molecule has 2 heterocycles. The second-order valence-corrected chi connectivity index (χ2v) is 15.7. The number of anilines is 9. The van der Waals surface area contributed by atoms with E-state index in [0.29, 0.717) is 0 Å². The highest BCUT2D eigenvalue weighted by molar-refractivity contribution is 7.25. The molecular weight excluding hydrogens is 739 g/mol. The highest BCUT2D eigenvalue weighted by Crippen LogP contribution is 2.46. The molecule has 280 valence electrons. The molecule has 0 N–H and O–H groups in total. The van der Waals surface area contributed by atoms with Crippen LogP contribution >= 0.6 is 11.3 Å². The Morgan fingerprint density at radius 2 is 0.678 bits per heavy atom. The summed E-state index contributed by atoms with van der Waals surface area (Å²) >= 11 is 1.84. The molecule has 0 aliphatic rings. The predicted octanol–water partition coefficient (Wildman–Crippen LogP) is 16.4. The lowest BCUT2D eigenvalue weighted by Gasteiger charge is -2.29. The largest absolute Gasteiger partial charge is 0.456 e. The number of furan rings is 1. The maximum absolute atomic E-state index is 6.29. The van der Waals surface area contributed by atoms with Gasteiger partial charge < -0.3 is 19.1 Å². The summed E-state index contributed by atoms with van der Waals surface area (Å²) in [5, 5.41) is 4.67. The number of fused-ring (bicyclic) bond motifs is 6. The van der Waals surface area contributed by atoms with E-state index in [2.05, 4.69) is 227 Å². The van der Waals surface area contributed by atoms with E-state index in [4.69, 9.17) is 4.42 Å². The molecule has 0 aliphatic carbocycles. The molecule has 0 bridgehead atoms. The minimum atomic E-state index is 0.874. The Hall–Kier alpha value is -7.60. The van der Waals surface area contributed by atoms with Crippen LogP contribution < -0.4 is 14.7 Å². The van der Waals surface area contributed by atoms with Gasteiger partial charge in [0.1, 0.15) is 11.2 Å². The second kappa shape index (κ2) is 14.7. The zero-order valence-electron chi connectivity index (χ0n) is 32.0. The average Bonchev–Trinajstić information content (AvgIpc) is 3.86. The van der Waals surface area contributed by atoms with E-state index in [1.54, 1.807) is 0 Å². The molecular formula is C54H37N3OS. The van der Waals surface area contributed by atoms with Crippen molar-refractivity contribution >= 4 is 105 Å².